The van der Waals surface area contributed by atoms with Crippen molar-refractivity contribution in [2.24, 2.45) is 11.3 Å². The number of fused-ring (bicyclic) bond motifs is 4. The number of carbonyl (C=O) groups is 1. The number of aliphatic hydroxyl groups is 1. The van der Waals surface area contributed by atoms with Crippen molar-refractivity contribution in [2.75, 3.05) is 18.0 Å². The molecule has 0 heterocycles. The van der Waals surface area contributed by atoms with Gasteiger partial charge in [0.15, 0.2) is 0 Å². The Kier molecular flexibility index (Phi) is 5.17. The molecule has 3 aliphatic rings. The van der Waals surface area contributed by atoms with Crippen LogP contribution in [0.3, 0.4) is 0 Å². The van der Waals surface area contributed by atoms with Crippen molar-refractivity contribution in [3.63, 3.8) is 0 Å². The lowest BCUT2D eigenvalue weighted by molar-refractivity contribution is -0.121. The first-order valence-electron chi connectivity index (χ1n) is 10.1. The molecular weight excluding hydrogens is 406 g/mol. The second-order valence-corrected chi connectivity index (χ2v) is 9.99. The van der Waals surface area contributed by atoms with E-state index in [-0.39, 0.29) is 23.1 Å². The fourth-order valence-corrected chi connectivity index (χ4v) is 6.30. The van der Waals surface area contributed by atoms with Crippen LogP contribution in [0.2, 0.25) is 0 Å². The number of carbonyl (C=O) groups excluding carboxylic acids is 1. The highest BCUT2D eigenvalue weighted by molar-refractivity contribution is 7.88. The molecule has 0 saturated heterocycles. The van der Waals surface area contributed by atoms with Gasteiger partial charge in [-0.25, -0.2) is 0 Å². The monoisotopic (exact) mass is 433 g/mol. The number of hydrogen-bond acceptors (Lipinski definition) is 5. The third-order valence-corrected chi connectivity index (χ3v) is 7.85. The molecular formula is C22H27NO6S. The van der Waals surface area contributed by atoms with E-state index in [4.69, 9.17) is 4.74 Å². The topological polar surface area (TPSA) is 104 Å². The van der Waals surface area contributed by atoms with Gasteiger partial charge in [0.05, 0.1) is 11.8 Å². The first kappa shape index (κ1) is 21.2. The summed E-state index contributed by atoms with van der Waals surface area (Å²) in [6.45, 7) is 5.92. The molecule has 162 valence electrons. The van der Waals surface area contributed by atoms with Crippen LogP contribution in [0.25, 0.3) is 5.57 Å². The van der Waals surface area contributed by atoms with Gasteiger partial charge in [0.1, 0.15) is 6.61 Å². The third-order valence-electron chi connectivity index (χ3n) is 6.97. The lowest BCUT2D eigenvalue weighted by Gasteiger charge is -2.43. The first-order chi connectivity index (χ1) is 14.1. The summed E-state index contributed by atoms with van der Waals surface area (Å²) in [5.74, 6) is -0.693. The number of aryl methyl sites for hydroxylation is 1. The molecule has 1 fully saturated rings. The van der Waals surface area contributed by atoms with Crippen LogP contribution < -0.4 is 4.31 Å². The number of allylic oxidation sites excluding steroid dienone is 2. The van der Waals surface area contributed by atoms with Crippen molar-refractivity contribution < 1.29 is 27.6 Å². The van der Waals surface area contributed by atoms with Crippen LogP contribution in [-0.2, 0) is 26.3 Å². The normalized spacial score (nSPS) is 28.1. The second kappa shape index (κ2) is 7.30. The van der Waals surface area contributed by atoms with Crippen LogP contribution in [0.4, 0.5) is 5.69 Å². The minimum Gasteiger partial charge on any atom is -0.392 e. The Morgan fingerprint density at radius 2 is 2.07 bits per heavy atom. The van der Waals surface area contributed by atoms with Gasteiger partial charge in [-0.3, -0.25) is 9.35 Å². The van der Waals surface area contributed by atoms with Gasteiger partial charge < -0.3 is 9.84 Å². The minimum atomic E-state index is -4.77. The average Bonchev–Trinajstić information content (AvgIpc) is 2.89. The number of amides is 1. The largest absolute Gasteiger partial charge is 0.392 e. The molecule has 7 nitrogen and oxygen atoms in total. The smallest absolute Gasteiger partial charge is 0.366 e. The molecule has 8 heteroatoms. The maximum atomic E-state index is 12.2. The molecule has 0 unspecified atom stereocenters. The zero-order valence-corrected chi connectivity index (χ0v) is 18.0. The van der Waals surface area contributed by atoms with Gasteiger partial charge in [-0.2, -0.15) is 12.7 Å². The molecule has 0 aliphatic heterocycles. The number of aliphatic hydroxyl groups excluding tert-OH is 1. The molecule has 4 rings (SSSR count). The Balaban J connectivity index is 1.76. The van der Waals surface area contributed by atoms with Gasteiger partial charge in [-0.15, -0.1) is 0 Å². The van der Waals surface area contributed by atoms with E-state index < -0.39 is 22.8 Å². The quantitative estimate of drug-likeness (QED) is 0.559. The van der Waals surface area contributed by atoms with Gasteiger partial charge in [-0.1, -0.05) is 30.7 Å². The Morgan fingerprint density at radius 1 is 1.33 bits per heavy atom. The number of nitrogens with zero attached hydrogens (tertiary/aromatic N) is 1. The third kappa shape index (κ3) is 3.22. The van der Waals surface area contributed by atoms with Crippen molar-refractivity contribution in [1.82, 2.24) is 0 Å². The molecule has 1 aromatic carbocycles. The average molecular weight is 434 g/mol. The molecule has 3 aliphatic carbocycles. The molecule has 1 aromatic rings. The standard InChI is InChI=1S/C22H27NO6S/c1-13-10-19(24)22(2)9-8-17-16-7-5-15(11-14(16)4-6-18(17)21(13)22)23(30(26,27)28)20(25)12-29-3/h5,7,11,19,21,24H,1,4,6,8-10,12H2,2-3H3,(H,26,27,28)/t19-,21-,22+/m0/s1. The number of anilines is 1. The summed E-state index contributed by atoms with van der Waals surface area (Å²) < 4.78 is 38.4. The van der Waals surface area contributed by atoms with E-state index in [2.05, 4.69) is 13.5 Å². The zero-order chi connectivity index (χ0) is 21.8. The van der Waals surface area contributed by atoms with E-state index in [0.29, 0.717) is 17.1 Å². The maximum absolute atomic E-state index is 12.2. The van der Waals surface area contributed by atoms with E-state index >= 15 is 0 Å². The van der Waals surface area contributed by atoms with Crippen LogP contribution in [0.15, 0.2) is 35.9 Å². The van der Waals surface area contributed by atoms with Crippen LogP contribution >= 0.6 is 0 Å². The van der Waals surface area contributed by atoms with E-state index in [9.17, 15) is 22.9 Å². The van der Waals surface area contributed by atoms with Crippen molar-refractivity contribution in [1.29, 1.82) is 0 Å². The molecule has 0 bridgehead atoms. The lowest BCUT2D eigenvalue weighted by atomic mass is 9.62. The van der Waals surface area contributed by atoms with E-state index in [0.717, 1.165) is 36.0 Å². The molecule has 3 atom stereocenters. The fraction of sp³-hybridized carbons (Fsp3) is 0.500. The zero-order valence-electron chi connectivity index (χ0n) is 17.2. The summed E-state index contributed by atoms with van der Waals surface area (Å²) in [4.78, 5) is 12.2. The molecule has 2 N–H and O–H groups in total. The van der Waals surface area contributed by atoms with Crippen LogP contribution in [0.5, 0.6) is 0 Å². The summed E-state index contributed by atoms with van der Waals surface area (Å²) in [5, 5.41) is 10.6. The van der Waals surface area contributed by atoms with Crippen molar-refractivity contribution in [3.8, 4) is 0 Å². The Bertz CT molecular complexity index is 1060. The first-order valence-corrected chi connectivity index (χ1v) is 11.5. The highest BCUT2D eigenvalue weighted by Gasteiger charge is 2.52. The van der Waals surface area contributed by atoms with Gasteiger partial charge in [0.25, 0.3) is 5.91 Å². The Morgan fingerprint density at radius 3 is 2.73 bits per heavy atom. The van der Waals surface area contributed by atoms with Crippen molar-refractivity contribution in [3.05, 3.63) is 47.1 Å². The molecule has 30 heavy (non-hydrogen) atoms. The van der Waals surface area contributed by atoms with Gasteiger partial charge in [0, 0.05) is 18.4 Å². The molecule has 0 radical (unpaired) electrons. The summed E-state index contributed by atoms with van der Waals surface area (Å²) in [7, 11) is -3.49. The second-order valence-electron chi connectivity index (χ2n) is 8.73. The van der Waals surface area contributed by atoms with E-state index in [1.165, 1.54) is 18.3 Å². The van der Waals surface area contributed by atoms with Gasteiger partial charge >= 0.3 is 10.3 Å². The molecule has 1 saturated carbocycles. The Labute approximate surface area is 176 Å². The lowest BCUT2D eigenvalue weighted by Crippen LogP contribution is -2.39. The highest BCUT2D eigenvalue weighted by Crippen LogP contribution is 2.59. The summed E-state index contributed by atoms with van der Waals surface area (Å²) in [6.07, 6.45) is 3.45. The summed E-state index contributed by atoms with van der Waals surface area (Å²) >= 11 is 0. The summed E-state index contributed by atoms with van der Waals surface area (Å²) in [6, 6.07) is 5.03. The van der Waals surface area contributed by atoms with E-state index in [1.54, 1.807) is 12.1 Å². The SMILES string of the molecule is C=C1C[C@H](O)[C@@]2(C)CCC3=C(CCc4cc(N(C(=O)COC)S(=O)(=O)O)ccc43)[C@H]12. The van der Waals surface area contributed by atoms with Gasteiger partial charge in [0.2, 0.25) is 0 Å². The van der Waals surface area contributed by atoms with Crippen molar-refractivity contribution in [2.45, 2.75) is 45.1 Å². The predicted octanol–water partition coefficient (Wildman–Crippen LogP) is 2.91. The summed E-state index contributed by atoms with van der Waals surface area (Å²) in [5.41, 5.74) is 5.56. The van der Waals surface area contributed by atoms with Crippen LogP contribution in [0, 0.1) is 11.3 Å². The number of hydrogen-bond donors (Lipinski definition) is 2. The van der Waals surface area contributed by atoms with Crippen molar-refractivity contribution >= 4 is 27.5 Å². The minimum absolute atomic E-state index is 0.101. The number of benzene rings is 1. The maximum Gasteiger partial charge on any atom is 0.366 e. The highest BCUT2D eigenvalue weighted by atomic mass is 32.2. The van der Waals surface area contributed by atoms with Crippen LogP contribution in [-0.4, -0.2) is 43.8 Å². The molecule has 0 aromatic heterocycles. The Hall–Kier alpha value is -2.00. The number of ether oxygens (including phenoxy) is 1. The number of rotatable bonds is 4. The predicted molar refractivity (Wildman–Crippen MR) is 113 cm³/mol. The van der Waals surface area contributed by atoms with E-state index in [1.807, 2.05) is 6.07 Å². The van der Waals surface area contributed by atoms with Crippen LogP contribution in [0.1, 0.15) is 43.7 Å². The molecule has 0 spiro atoms. The molecule has 1 amide bonds. The van der Waals surface area contributed by atoms with Gasteiger partial charge in [-0.05, 0) is 60.9 Å². The fourth-order valence-electron chi connectivity index (χ4n) is 5.61. The number of methoxy groups -OCH3 is 1.